The fraction of sp³-hybridized carbons (Fsp3) is 0.0968. The van der Waals surface area contributed by atoms with Gasteiger partial charge in [-0.3, -0.25) is 0 Å². The molecule has 0 aliphatic rings. The van der Waals surface area contributed by atoms with Gasteiger partial charge in [0.25, 0.3) is 0 Å². The number of benzene rings is 5. The summed E-state index contributed by atoms with van der Waals surface area (Å²) in [5.41, 5.74) is 8.94. The maximum absolute atomic E-state index is 2.31. The molecule has 5 rings (SSSR count). The Kier molecular flexibility index (Phi) is 5.14. The smallest absolute Gasteiger partial charge is 0.00268 e. The molecule has 0 heterocycles. The summed E-state index contributed by atoms with van der Waals surface area (Å²) >= 11 is 0. The van der Waals surface area contributed by atoms with Crippen LogP contribution in [0.1, 0.15) is 25.3 Å². The Morgan fingerprint density at radius 2 is 1.03 bits per heavy atom. The zero-order valence-electron chi connectivity index (χ0n) is 18.0. The van der Waals surface area contributed by atoms with E-state index in [1.54, 1.807) is 0 Å². The number of hydrogen-bond acceptors (Lipinski definition) is 0. The van der Waals surface area contributed by atoms with Crippen LogP contribution >= 0.6 is 0 Å². The van der Waals surface area contributed by atoms with Crippen LogP contribution in [-0.4, -0.2) is 0 Å². The van der Waals surface area contributed by atoms with Gasteiger partial charge in [-0.15, -0.1) is 0 Å². The lowest BCUT2D eigenvalue weighted by molar-refractivity contribution is 0.867. The molecule has 0 nitrogen and oxygen atoms in total. The second-order valence-electron chi connectivity index (χ2n) is 8.43. The van der Waals surface area contributed by atoms with Crippen molar-refractivity contribution in [1.29, 1.82) is 0 Å². The van der Waals surface area contributed by atoms with Gasteiger partial charge < -0.3 is 0 Å². The predicted octanol–water partition coefficient (Wildman–Crippen LogP) is 8.96. The van der Waals surface area contributed by atoms with Crippen molar-refractivity contribution in [1.82, 2.24) is 0 Å². The van der Waals surface area contributed by atoms with E-state index in [0.717, 1.165) is 0 Å². The van der Waals surface area contributed by atoms with E-state index < -0.39 is 0 Å². The van der Waals surface area contributed by atoms with Crippen LogP contribution in [0.25, 0.3) is 44.2 Å². The molecule has 0 saturated heterocycles. The Balaban J connectivity index is 1.69. The van der Waals surface area contributed by atoms with Crippen molar-refractivity contribution < 1.29 is 0 Å². The second kappa shape index (κ2) is 8.24. The number of fused-ring (bicyclic) bond motifs is 1. The molecular weight excluding hydrogens is 372 g/mol. The van der Waals surface area contributed by atoms with Crippen molar-refractivity contribution in [2.75, 3.05) is 0 Å². The van der Waals surface area contributed by atoms with Gasteiger partial charge in [0.2, 0.25) is 0 Å². The van der Waals surface area contributed by atoms with Gasteiger partial charge in [-0.05, 0) is 61.7 Å². The Labute approximate surface area is 184 Å². The monoisotopic (exact) mass is 398 g/mol. The van der Waals surface area contributed by atoms with Crippen LogP contribution in [-0.2, 0) is 0 Å². The molecule has 5 aromatic carbocycles. The van der Waals surface area contributed by atoms with Gasteiger partial charge in [-0.2, -0.15) is 0 Å². The largest absolute Gasteiger partial charge is 0.0622 e. The van der Waals surface area contributed by atoms with E-state index in [0.29, 0.717) is 5.92 Å². The molecule has 0 amide bonds. The van der Waals surface area contributed by atoms with E-state index in [1.165, 1.54) is 49.7 Å². The average molecular weight is 399 g/mol. The minimum Gasteiger partial charge on any atom is -0.0622 e. The van der Waals surface area contributed by atoms with E-state index in [2.05, 4.69) is 129 Å². The van der Waals surface area contributed by atoms with Crippen LogP contribution in [0.2, 0.25) is 0 Å². The minimum atomic E-state index is 0.540. The molecule has 31 heavy (non-hydrogen) atoms. The predicted molar refractivity (Wildman–Crippen MR) is 134 cm³/mol. The van der Waals surface area contributed by atoms with Gasteiger partial charge in [0.1, 0.15) is 0 Å². The summed E-state index contributed by atoms with van der Waals surface area (Å²) in [5.74, 6) is 0.540. The lowest BCUT2D eigenvalue weighted by Gasteiger charge is -2.14. The van der Waals surface area contributed by atoms with Crippen molar-refractivity contribution in [3.8, 4) is 33.4 Å². The standard InChI is InChI=1S/C31H26/c1-22(2)23-17-19-25(20-18-23)29-15-7-11-26-12-8-16-30(31(26)29)28-14-6-13-27(21-28)24-9-4-3-5-10-24/h3-22H,1-2H3. The first-order chi connectivity index (χ1) is 15.2. The summed E-state index contributed by atoms with van der Waals surface area (Å²) in [4.78, 5) is 0. The first-order valence-electron chi connectivity index (χ1n) is 11.0. The van der Waals surface area contributed by atoms with Crippen LogP contribution in [0.3, 0.4) is 0 Å². The quantitative estimate of drug-likeness (QED) is 0.283. The van der Waals surface area contributed by atoms with Crippen LogP contribution in [0, 0.1) is 0 Å². The van der Waals surface area contributed by atoms with Gasteiger partial charge in [0.05, 0.1) is 0 Å². The molecular formula is C31H26. The minimum absolute atomic E-state index is 0.540. The van der Waals surface area contributed by atoms with E-state index in [4.69, 9.17) is 0 Å². The second-order valence-corrected chi connectivity index (χ2v) is 8.43. The van der Waals surface area contributed by atoms with Gasteiger partial charge >= 0.3 is 0 Å². The third kappa shape index (κ3) is 3.78. The highest BCUT2D eigenvalue weighted by Crippen LogP contribution is 2.38. The Morgan fingerprint density at radius 3 is 1.71 bits per heavy atom. The van der Waals surface area contributed by atoms with Crippen LogP contribution < -0.4 is 0 Å². The highest BCUT2D eigenvalue weighted by Gasteiger charge is 2.11. The van der Waals surface area contributed by atoms with E-state index in [-0.39, 0.29) is 0 Å². The summed E-state index contributed by atoms with van der Waals surface area (Å²) in [6.07, 6.45) is 0. The van der Waals surface area contributed by atoms with Gasteiger partial charge in [0.15, 0.2) is 0 Å². The lowest BCUT2D eigenvalue weighted by atomic mass is 9.90. The third-order valence-corrected chi connectivity index (χ3v) is 6.07. The zero-order chi connectivity index (χ0) is 21.2. The molecule has 0 unspecified atom stereocenters. The first-order valence-corrected chi connectivity index (χ1v) is 11.0. The SMILES string of the molecule is CC(C)c1ccc(-c2cccc3cccc(-c4cccc(-c5ccccc5)c4)c23)cc1. The molecule has 0 aromatic heterocycles. The summed E-state index contributed by atoms with van der Waals surface area (Å²) in [5, 5.41) is 2.58. The maximum atomic E-state index is 2.31. The molecule has 0 aliphatic heterocycles. The Hall–Kier alpha value is -3.64. The van der Waals surface area contributed by atoms with Gasteiger partial charge in [-0.25, -0.2) is 0 Å². The molecule has 0 heteroatoms. The zero-order valence-corrected chi connectivity index (χ0v) is 18.0. The fourth-order valence-corrected chi connectivity index (χ4v) is 4.37. The van der Waals surface area contributed by atoms with E-state index >= 15 is 0 Å². The molecule has 0 N–H and O–H groups in total. The molecule has 0 saturated carbocycles. The summed E-state index contributed by atoms with van der Waals surface area (Å²) in [7, 11) is 0. The molecule has 0 spiro atoms. The maximum Gasteiger partial charge on any atom is -0.00268 e. The molecule has 5 aromatic rings. The molecule has 150 valence electrons. The Morgan fingerprint density at radius 1 is 0.452 bits per heavy atom. The Bertz CT molecular complexity index is 1320. The van der Waals surface area contributed by atoms with Crippen LogP contribution in [0.15, 0.2) is 115 Å². The molecule has 0 atom stereocenters. The molecule has 0 radical (unpaired) electrons. The molecule has 0 aliphatic carbocycles. The van der Waals surface area contributed by atoms with Gasteiger partial charge in [0, 0.05) is 0 Å². The highest BCUT2D eigenvalue weighted by atomic mass is 14.1. The summed E-state index contributed by atoms with van der Waals surface area (Å²) < 4.78 is 0. The van der Waals surface area contributed by atoms with Crippen LogP contribution in [0.4, 0.5) is 0 Å². The van der Waals surface area contributed by atoms with Crippen LogP contribution in [0.5, 0.6) is 0 Å². The van der Waals surface area contributed by atoms with Gasteiger partial charge in [-0.1, -0.05) is 123 Å². The van der Waals surface area contributed by atoms with Crippen molar-refractivity contribution >= 4 is 10.8 Å². The first kappa shape index (κ1) is 19.3. The van der Waals surface area contributed by atoms with Crippen molar-refractivity contribution in [2.45, 2.75) is 19.8 Å². The van der Waals surface area contributed by atoms with E-state index in [9.17, 15) is 0 Å². The summed E-state index contributed by atoms with van der Waals surface area (Å²) in [6.45, 7) is 4.48. The van der Waals surface area contributed by atoms with E-state index in [1.807, 2.05) is 0 Å². The lowest BCUT2D eigenvalue weighted by Crippen LogP contribution is -1.89. The number of hydrogen-bond donors (Lipinski definition) is 0. The highest BCUT2D eigenvalue weighted by molar-refractivity contribution is 6.06. The summed E-state index contributed by atoms with van der Waals surface area (Å²) in [6, 6.07) is 41.8. The number of rotatable bonds is 4. The normalized spacial score (nSPS) is 11.2. The van der Waals surface area contributed by atoms with Crippen molar-refractivity contribution in [2.24, 2.45) is 0 Å². The van der Waals surface area contributed by atoms with Crippen molar-refractivity contribution in [3.05, 3.63) is 121 Å². The average Bonchev–Trinajstić information content (AvgIpc) is 2.84. The third-order valence-electron chi connectivity index (χ3n) is 6.07. The topological polar surface area (TPSA) is 0 Å². The molecule has 0 bridgehead atoms. The van der Waals surface area contributed by atoms with Crippen molar-refractivity contribution in [3.63, 3.8) is 0 Å². The molecule has 0 fully saturated rings. The fourth-order valence-electron chi connectivity index (χ4n) is 4.37.